The molecule has 0 aliphatic heterocycles. The number of aliphatic hydroxyl groups excluding tert-OH is 1. The molecule has 96 heavy (non-hydrogen) atoms. The third kappa shape index (κ3) is 69.2. The average molecular weight is 1410 g/mol. The lowest BCUT2D eigenvalue weighted by atomic mass is 9.99. The van der Waals surface area contributed by atoms with Gasteiger partial charge in [-0.25, -0.2) is 9.13 Å². The number of rotatable bonds is 74. The average Bonchev–Trinajstić information content (AvgIpc) is 3.13. The van der Waals surface area contributed by atoms with Crippen molar-refractivity contribution < 1.29 is 80.2 Å². The summed E-state index contributed by atoms with van der Waals surface area (Å²) < 4.78 is 68.5. The number of carbonyl (C=O) groups excluding carboxylic acids is 4. The molecule has 0 rings (SSSR count). The van der Waals surface area contributed by atoms with Gasteiger partial charge in [-0.05, 0) is 49.4 Å². The van der Waals surface area contributed by atoms with Crippen LogP contribution in [-0.4, -0.2) is 96.7 Å². The van der Waals surface area contributed by atoms with Crippen LogP contribution in [0.15, 0.2) is 0 Å². The summed E-state index contributed by atoms with van der Waals surface area (Å²) in [5, 5.41) is 10.6. The predicted octanol–water partition coefficient (Wildman–Crippen LogP) is 22.4. The molecule has 3 N–H and O–H groups in total. The zero-order valence-electron chi connectivity index (χ0n) is 63.0. The maximum Gasteiger partial charge on any atom is 0.472 e. The van der Waals surface area contributed by atoms with E-state index in [1.54, 1.807) is 0 Å². The monoisotopic (exact) mass is 1410 g/mol. The highest BCUT2D eigenvalue weighted by molar-refractivity contribution is 7.47. The largest absolute Gasteiger partial charge is 0.472 e. The summed E-state index contributed by atoms with van der Waals surface area (Å²) in [7, 11) is -9.91. The van der Waals surface area contributed by atoms with E-state index in [1.807, 2.05) is 0 Å². The standard InChI is InChI=1S/C77H150O17P2/c1-9-70(8)56-48-40-32-23-20-21-24-33-41-49-57-74(79)87-63-72(93-76(81)59-51-43-34-25-19-17-15-13-11-10-12-14-16-18-22-29-37-45-53-67(2)3)65-91-95(83,84)89-61-71(78)62-90-96(85,86)92-66-73(64-88-75(80)58-50-42-36-28-31-39-47-55-69(6)7)94-77(82)60-52-44-35-27-26-30-38-46-54-68(4)5/h67-73,78H,9-66H2,1-8H3,(H,83,84)(H,85,86)/t70?,71?,72-,73-/m1/s1. The molecule has 0 aromatic carbocycles. The van der Waals surface area contributed by atoms with Crippen molar-refractivity contribution in [3.05, 3.63) is 0 Å². The van der Waals surface area contributed by atoms with Crippen LogP contribution >= 0.6 is 15.6 Å². The second-order valence-corrected chi connectivity index (χ2v) is 32.3. The molecule has 6 atom stereocenters. The number of esters is 4. The van der Waals surface area contributed by atoms with Crippen molar-refractivity contribution in [3.63, 3.8) is 0 Å². The molecular weight excluding hydrogens is 1260 g/mol. The lowest BCUT2D eigenvalue weighted by Gasteiger charge is -2.21. The molecule has 0 radical (unpaired) electrons. The molecule has 0 aliphatic carbocycles. The summed E-state index contributed by atoms with van der Waals surface area (Å²) in [6, 6.07) is 0. The van der Waals surface area contributed by atoms with Gasteiger partial charge in [0.25, 0.3) is 0 Å². The molecule has 4 unspecified atom stereocenters. The van der Waals surface area contributed by atoms with Crippen LogP contribution in [0.5, 0.6) is 0 Å². The summed E-state index contributed by atoms with van der Waals surface area (Å²) in [5.41, 5.74) is 0. The molecule has 0 heterocycles. The maximum absolute atomic E-state index is 13.1. The van der Waals surface area contributed by atoms with Gasteiger partial charge < -0.3 is 33.8 Å². The first-order chi connectivity index (χ1) is 46.1. The summed E-state index contributed by atoms with van der Waals surface area (Å²) in [6.07, 6.45) is 51.5. The molecule has 0 aromatic rings. The summed E-state index contributed by atoms with van der Waals surface area (Å²) in [5.74, 6) is 0.930. The van der Waals surface area contributed by atoms with E-state index in [0.29, 0.717) is 31.6 Å². The van der Waals surface area contributed by atoms with E-state index in [-0.39, 0.29) is 25.7 Å². The zero-order chi connectivity index (χ0) is 71.0. The van der Waals surface area contributed by atoms with Crippen molar-refractivity contribution >= 4 is 39.5 Å². The number of hydrogen-bond donors (Lipinski definition) is 3. The van der Waals surface area contributed by atoms with E-state index in [4.69, 9.17) is 37.0 Å². The van der Waals surface area contributed by atoms with Gasteiger partial charge in [-0.15, -0.1) is 0 Å². The molecule has 570 valence electrons. The quantitative estimate of drug-likeness (QED) is 0.0222. The number of phosphoric ester groups is 2. The highest BCUT2D eigenvalue weighted by Crippen LogP contribution is 2.45. The molecule has 0 saturated heterocycles. The summed E-state index contributed by atoms with van der Waals surface area (Å²) in [6.45, 7) is 14.2. The Morgan fingerprint density at radius 1 is 0.292 bits per heavy atom. The Morgan fingerprint density at radius 3 is 0.740 bits per heavy atom. The Bertz CT molecular complexity index is 1890. The zero-order valence-corrected chi connectivity index (χ0v) is 64.8. The van der Waals surface area contributed by atoms with E-state index in [1.165, 1.54) is 186 Å². The molecule has 0 aromatic heterocycles. The normalized spacial score (nSPS) is 14.4. The molecule has 0 spiro atoms. The topological polar surface area (TPSA) is 237 Å². The lowest BCUT2D eigenvalue weighted by Crippen LogP contribution is -2.30. The number of carbonyl (C=O) groups is 4. The minimum Gasteiger partial charge on any atom is -0.462 e. The first-order valence-electron chi connectivity index (χ1n) is 39.7. The van der Waals surface area contributed by atoms with Gasteiger partial charge >= 0.3 is 39.5 Å². The SMILES string of the molecule is CCC(C)CCCCCCCCCCCCC(=O)OC[C@H](COP(=O)(O)OCC(O)COP(=O)(O)OC[C@@H](COC(=O)CCCCCCCCCC(C)C)OC(=O)CCCCCCCCCCC(C)C)OC(=O)CCCCCCCCCCCCCCCCCCCCC(C)C. The molecule has 0 aliphatic rings. The molecular formula is C77H150O17P2. The number of unbranched alkanes of at least 4 members (excludes halogenated alkanes) is 39. The fourth-order valence-corrected chi connectivity index (χ4v) is 13.3. The third-order valence-electron chi connectivity index (χ3n) is 18.2. The summed E-state index contributed by atoms with van der Waals surface area (Å²) in [4.78, 5) is 72.8. The minimum atomic E-state index is -4.96. The van der Waals surface area contributed by atoms with Crippen LogP contribution in [0.25, 0.3) is 0 Å². The lowest BCUT2D eigenvalue weighted by molar-refractivity contribution is -0.161. The first-order valence-corrected chi connectivity index (χ1v) is 42.7. The molecule has 19 heteroatoms. The Kier molecular flexibility index (Phi) is 65.0. The number of hydrogen-bond acceptors (Lipinski definition) is 15. The number of aliphatic hydroxyl groups is 1. The Morgan fingerprint density at radius 2 is 0.500 bits per heavy atom. The van der Waals surface area contributed by atoms with Gasteiger partial charge in [0.2, 0.25) is 0 Å². The van der Waals surface area contributed by atoms with E-state index in [0.717, 1.165) is 114 Å². The molecule has 0 bridgehead atoms. The first kappa shape index (κ1) is 94.1. The maximum atomic E-state index is 13.1. The van der Waals surface area contributed by atoms with Crippen LogP contribution in [0.1, 0.15) is 389 Å². The molecule has 17 nitrogen and oxygen atoms in total. The predicted molar refractivity (Wildman–Crippen MR) is 391 cm³/mol. The van der Waals surface area contributed by atoms with Gasteiger partial charge in [0, 0.05) is 25.7 Å². The smallest absolute Gasteiger partial charge is 0.462 e. The molecule has 0 fully saturated rings. The van der Waals surface area contributed by atoms with Crippen molar-refractivity contribution in [1.29, 1.82) is 0 Å². The van der Waals surface area contributed by atoms with Crippen molar-refractivity contribution in [3.8, 4) is 0 Å². The number of phosphoric acid groups is 2. The fourth-order valence-electron chi connectivity index (χ4n) is 11.7. The molecule has 0 amide bonds. The van der Waals surface area contributed by atoms with E-state index in [9.17, 15) is 43.2 Å². The second kappa shape index (κ2) is 66.3. The van der Waals surface area contributed by atoms with Crippen LogP contribution in [0.4, 0.5) is 0 Å². The highest BCUT2D eigenvalue weighted by atomic mass is 31.2. The minimum absolute atomic E-state index is 0.103. The van der Waals surface area contributed by atoms with Gasteiger partial charge in [-0.2, -0.15) is 0 Å². The number of ether oxygens (including phenoxy) is 4. The third-order valence-corrected chi connectivity index (χ3v) is 20.1. The van der Waals surface area contributed by atoms with Gasteiger partial charge in [-0.1, -0.05) is 338 Å². The molecule has 0 saturated carbocycles. The van der Waals surface area contributed by atoms with E-state index < -0.39 is 97.5 Å². The fraction of sp³-hybridized carbons (Fsp3) is 0.948. The summed E-state index contributed by atoms with van der Waals surface area (Å²) >= 11 is 0. The van der Waals surface area contributed by atoms with Gasteiger partial charge in [-0.3, -0.25) is 37.3 Å². The van der Waals surface area contributed by atoms with Crippen LogP contribution in [-0.2, 0) is 65.4 Å². The van der Waals surface area contributed by atoms with E-state index in [2.05, 4.69) is 55.4 Å². The van der Waals surface area contributed by atoms with Crippen LogP contribution in [0.3, 0.4) is 0 Å². The van der Waals surface area contributed by atoms with Crippen LogP contribution in [0.2, 0.25) is 0 Å². The van der Waals surface area contributed by atoms with Crippen molar-refractivity contribution in [2.45, 2.75) is 408 Å². The Balaban J connectivity index is 5.21. The van der Waals surface area contributed by atoms with Crippen molar-refractivity contribution in [2.24, 2.45) is 23.7 Å². The Hall–Kier alpha value is -1.94. The van der Waals surface area contributed by atoms with Gasteiger partial charge in [0.1, 0.15) is 19.3 Å². The van der Waals surface area contributed by atoms with Gasteiger partial charge in [0.05, 0.1) is 26.4 Å². The van der Waals surface area contributed by atoms with Crippen LogP contribution in [0, 0.1) is 23.7 Å². The van der Waals surface area contributed by atoms with Crippen molar-refractivity contribution in [1.82, 2.24) is 0 Å². The second-order valence-electron chi connectivity index (χ2n) is 29.4. The van der Waals surface area contributed by atoms with E-state index >= 15 is 0 Å². The van der Waals surface area contributed by atoms with Crippen LogP contribution < -0.4 is 0 Å². The highest BCUT2D eigenvalue weighted by Gasteiger charge is 2.30. The van der Waals surface area contributed by atoms with Gasteiger partial charge in [0.15, 0.2) is 12.2 Å². The van der Waals surface area contributed by atoms with Crippen molar-refractivity contribution in [2.75, 3.05) is 39.6 Å². The Labute approximate surface area is 588 Å².